The Kier molecular flexibility index (Phi) is 6.40. The third kappa shape index (κ3) is 4.93. The Balaban J connectivity index is 2.69. The number of carbonyl (C=O) groups excluding carboxylic acids is 1. The molecule has 1 N–H and O–H groups in total. The standard InChI is InChI=1S/C16H25NO2/c1-5-6-7-15(16(18)19-4)17-14-10-8-13(9-11-14)12(2)3/h8-12,15,17H,5-7H2,1-4H3. The number of rotatable bonds is 7. The summed E-state index contributed by atoms with van der Waals surface area (Å²) in [6.07, 6.45) is 2.88. The molecule has 3 nitrogen and oxygen atoms in total. The number of benzene rings is 1. The highest BCUT2D eigenvalue weighted by atomic mass is 16.5. The van der Waals surface area contributed by atoms with E-state index in [-0.39, 0.29) is 12.0 Å². The molecule has 0 heterocycles. The van der Waals surface area contributed by atoms with Crippen LogP contribution >= 0.6 is 0 Å². The second-order valence-electron chi connectivity index (χ2n) is 5.14. The Morgan fingerprint density at radius 3 is 2.37 bits per heavy atom. The maximum absolute atomic E-state index is 11.7. The maximum Gasteiger partial charge on any atom is 0.328 e. The Hall–Kier alpha value is -1.51. The van der Waals surface area contributed by atoms with Gasteiger partial charge in [-0.2, -0.15) is 0 Å². The smallest absolute Gasteiger partial charge is 0.328 e. The van der Waals surface area contributed by atoms with Crippen molar-refractivity contribution in [3.63, 3.8) is 0 Å². The summed E-state index contributed by atoms with van der Waals surface area (Å²) in [5.74, 6) is 0.326. The van der Waals surface area contributed by atoms with Gasteiger partial charge in [-0.05, 0) is 30.0 Å². The summed E-state index contributed by atoms with van der Waals surface area (Å²) in [4.78, 5) is 11.7. The largest absolute Gasteiger partial charge is 0.467 e. The van der Waals surface area contributed by atoms with E-state index in [1.807, 2.05) is 12.1 Å². The number of unbranched alkanes of at least 4 members (excludes halogenated alkanes) is 1. The van der Waals surface area contributed by atoms with Gasteiger partial charge in [0.05, 0.1) is 7.11 Å². The molecule has 1 unspecified atom stereocenters. The number of nitrogens with one attached hydrogen (secondary N) is 1. The monoisotopic (exact) mass is 263 g/mol. The minimum atomic E-state index is -0.255. The SMILES string of the molecule is CCCCC(Nc1ccc(C(C)C)cc1)C(=O)OC. The molecule has 0 spiro atoms. The summed E-state index contributed by atoms with van der Waals surface area (Å²) in [7, 11) is 1.44. The molecule has 0 aliphatic rings. The topological polar surface area (TPSA) is 38.3 Å². The van der Waals surface area contributed by atoms with E-state index in [0.29, 0.717) is 5.92 Å². The minimum Gasteiger partial charge on any atom is -0.467 e. The predicted molar refractivity (Wildman–Crippen MR) is 79.5 cm³/mol. The van der Waals surface area contributed by atoms with Crippen molar-refractivity contribution in [1.29, 1.82) is 0 Å². The van der Waals surface area contributed by atoms with Crippen LogP contribution in [0.15, 0.2) is 24.3 Å². The summed E-state index contributed by atoms with van der Waals surface area (Å²) in [5, 5.41) is 3.26. The van der Waals surface area contributed by atoms with Crippen molar-refractivity contribution in [3.8, 4) is 0 Å². The van der Waals surface area contributed by atoms with Gasteiger partial charge in [-0.25, -0.2) is 4.79 Å². The van der Waals surface area contributed by atoms with Gasteiger partial charge in [0.1, 0.15) is 6.04 Å². The van der Waals surface area contributed by atoms with Gasteiger partial charge in [0.2, 0.25) is 0 Å². The lowest BCUT2D eigenvalue weighted by Crippen LogP contribution is -2.30. The molecule has 1 rings (SSSR count). The summed E-state index contributed by atoms with van der Waals surface area (Å²) >= 11 is 0. The Labute approximate surface area is 116 Å². The Bertz CT molecular complexity index is 384. The molecule has 106 valence electrons. The van der Waals surface area contributed by atoms with Crippen LogP contribution in [0, 0.1) is 0 Å². The van der Waals surface area contributed by atoms with Crippen molar-refractivity contribution < 1.29 is 9.53 Å². The van der Waals surface area contributed by atoms with Crippen molar-refractivity contribution in [2.75, 3.05) is 12.4 Å². The van der Waals surface area contributed by atoms with Crippen molar-refractivity contribution in [2.45, 2.75) is 52.0 Å². The van der Waals surface area contributed by atoms with Crippen molar-refractivity contribution in [2.24, 2.45) is 0 Å². The molecule has 0 amide bonds. The summed E-state index contributed by atoms with van der Waals surface area (Å²) in [5.41, 5.74) is 2.27. The van der Waals surface area contributed by atoms with Crippen LogP contribution in [-0.2, 0) is 9.53 Å². The third-order valence-electron chi connectivity index (χ3n) is 3.25. The fourth-order valence-electron chi connectivity index (χ4n) is 1.96. The first-order chi connectivity index (χ1) is 9.08. The summed E-state index contributed by atoms with van der Waals surface area (Å²) in [6.45, 7) is 6.45. The highest BCUT2D eigenvalue weighted by molar-refractivity contribution is 5.79. The molecule has 0 bridgehead atoms. The lowest BCUT2D eigenvalue weighted by molar-refractivity contribution is -0.141. The van der Waals surface area contributed by atoms with E-state index >= 15 is 0 Å². The minimum absolute atomic E-state index is 0.193. The molecule has 3 heteroatoms. The lowest BCUT2D eigenvalue weighted by atomic mass is 10.0. The van der Waals surface area contributed by atoms with Crippen LogP contribution in [0.5, 0.6) is 0 Å². The van der Waals surface area contributed by atoms with E-state index in [1.165, 1.54) is 12.7 Å². The van der Waals surface area contributed by atoms with Crippen LogP contribution in [0.3, 0.4) is 0 Å². The van der Waals surface area contributed by atoms with E-state index in [4.69, 9.17) is 4.74 Å². The van der Waals surface area contributed by atoms with Crippen molar-refractivity contribution >= 4 is 11.7 Å². The normalized spacial score (nSPS) is 12.3. The molecule has 1 aromatic rings. The highest BCUT2D eigenvalue weighted by Crippen LogP contribution is 2.18. The molecule has 0 radical (unpaired) electrons. The number of methoxy groups -OCH3 is 1. The number of ether oxygens (including phenoxy) is 1. The number of anilines is 1. The zero-order valence-corrected chi connectivity index (χ0v) is 12.4. The van der Waals surface area contributed by atoms with Crippen LogP contribution in [0.1, 0.15) is 51.5 Å². The van der Waals surface area contributed by atoms with Crippen LogP contribution in [0.2, 0.25) is 0 Å². The number of hydrogen-bond acceptors (Lipinski definition) is 3. The van der Waals surface area contributed by atoms with Crippen molar-refractivity contribution in [3.05, 3.63) is 29.8 Å². The molecule has 19 heavy (non-hydrogen) atoms. The van der Waals surface area contributed by atoms with E-state index in [9.17, 15) is 4.79 Å². The van der Waals surface area contributed by atoms with Crippen LogP contribution in [-0.4, -0.2) is 19.1 Å². The zero-order chi connectivity index (χ0) is 14.3. The summed E-state index contributed by atoms with van der Waals surface area (Å²) in [6, 6.07) is 7.99. The summed E-state index contributed by atoms with van der Waals surface area (Å²) < 4.78 is 4.84. The van der Waals surface area contributed by atoms with Crippen LogP contribution in [0.25, 0.3) is 0 Å². The third-order valence-corrected chi connectivity index (χ3v) is 3.25. The van der Waals surface area contributed by atoms with Gasteiger partial charge in [0.25, 0.3) is 0 Å². The van der Waals surface area contributed by atoms with E-state index < -0.39 is 0 Å². The number of hydrogen-bond donors (Lipinski definition) is 1. The highest BCUT2D eigenvalue weighted by Gasteiger charge is 2.18. The van der Waals surface area contributed by atoms with Gasteiger partial charge >= 0.3 is 5.97 Å². The van der Waals surface area contributed by atoms with Gasteiger partial charge < -0.3 is 10.1 Å². The molecule has 0 saturated carbocycles. The first-order valence-electron chi connectivity index (χ1n) is 7.02. The maximum atomic E-state index is 11.7. The molecule has 0 aliphatic heterocycles. The van der Waals surface area contributed by atoms with Gasteiger partial charge in [-0.1, -0.05) is 45.7 Å². The van der Waals surface area contributed by atoms with Crippen molar-refractivity contribution in [1.82, 2.24) is 0 Å². The molecule has 0 saturated heterocycles. The Morgan fingerprint density at radius 2 is 1.89 bits per heavy atom. The average molecular weight is 263 g/mol. The zero-order valence-electron chi connectivity index (χ0n) is 12.4. The van der Waals surface area contributed by atoms with Crippen LogP contribution < -0.4 is 5.32 Å². The first-order valence-corrected chi connectivity index (χ1v) is 7.02. The fourth-order valence-corrected chi connectivity index (χ4v) is 1.96. The van der Waals surface area contributed by atoms with E-state index in [1.54, 1.807) is 0 Å². The molecular weight excluding hydrogens is 238 g/mol. The average Bonchev–Trinajstić information content (AvgIpc) is 2.43. The molecule has 1 aromatic carbocycles. The molecule has 0 fully saturated rings. The first kappa shape index (κ1) is 15.5. The lowest BCUT2D eigenvalue weighted by Gasteiger charge is -2.18. The number of esters is 1. The quantitative estimate of drug-likeness (QED) is 0.757. The van der Waals surface area contributed by atoms with E-state index in [2.05, 4.69) is 38.2 Å². The fraction of sp³-hybridized carbons (Fsp3) is 0.562. The Morgan fingerprint density at radius 1 is 1.26 bits per heavy atom. The molecular formula is C16H25NO2. The van der Waals surface area contributed by atoms with Gasteiger partial charge in [-0.15, -0.1) is 0 Å². The molecule has 0 aliphatic carbocycles. The molecule has 0 aromatic heterocycles. The van der Waals surface area contributed by atoms with Gasteiger partial charge in [0.15, 0.2) is 0 Å². The number of carbonyl (C=O) groups is 1. The predicted octanol–water partition coefficient (Wildman–Crippen LogP) is 3.95. The second-order valence-corrected chi connectivity index (χ2v) is 5.14. The molecule has 1 atom stereocenters. The second kappa shape index (κ2) is 7.82. The van der Waals surface area contributed by atoms with Gasteiger partial charge in [0, 0.05) is 5.69 Å². The van der Waals surface area contributed by atoms with E-state index in [0.717, 1.165) is 24.9 Å². The van der Waals surface area contributed by atoms with Gasteiger partial charge in [-0.3, -0.25) is 0 Å². The van der Waals surface area contributed by atoms with Crippen LogP contribution in [0.4, 0.5) is 5.69 Å².